The van der Waals surface area contributed by atoms with E-state index in [1.807, 2.05) is 42.9 Å². The Morgan fingerprint density at radius 2 is 2.12 bits per heavy atom. The van der Waals surface area contributed by atoms with E-state index in [1.54, 1.807) is 12.1 Å². The number of anilines is 1. The van der Waals surface area contributed by atoms with E-state index in [9.17, 15) is 4.39 Å². The second-order valence-corrected chi connectivity index (χ2v) is 6.31. The third kappa shape index (κ3) is 2.53. The van der Waals surface area contributed by atoms with E-state index in [-0.39, 0.29) is 11.9 Å². The molecule has 0 aliphatic carbocycles. The molecule has 5 nitrogen and oxygen atoms in total. The van der Waals surface area contributed by atoms with Gasteiger partial charge in [0.15, 0.2) is 5.65 Å². The van der Waals surface area contributed by atoms with Crippen molar-refractivity contribution < 1.29 is 4.39 Å². The first-order chi connectivity index (χ1) is 11.7. The van der Waals surface area contributed by atoms with Crippen molar-refractivity contribution in [3.8, 4) is 0 Å². The van der Waals surface area contributed by atoms with E-state index < -0.39 is 0 Å². The number of hydrogen-bond acceptors (Lipinski definition) is 4. The lowest BCUT2D eigenvalue weighted by molar-refractivity contribution is 0.585. The van der Waals surface area contributed by atoms with Crippen LogP contribution in [0.15, 0.2) is 42.6 Å². The standard InChI is InChI=1S/C18H20FN5/c1-12-10-21-17-6-7-18(22-24(12)17)23-11-15(20-2)9-16(23)13-4-3-5-14(19)8-13/h3-8,10,15-16,20H,9,11H2,1-2H3/t15-,16+/m0/s1. The Morgan fingerprint density at radius 1 is 1.25 bits per heavy atom. The van der Waals surface area contributed by atoms with Crippen LogP contribution in [0.2, 0.25) is 0 Å². The molecule has 1 saturated heterocycles. The number of nitrogens with one attached hydrogen (secondary N) is 1. The van der Waals surface area contributed by atoms with Gasteiger partial charge in [0.2, 0.25) is 0 Å². The zero-order valence-electron chi connectivity index (χ0n) is 13.8. The van der Waals surface area contributed by atoms with Gasteiger partial charge in [0.1, 0.15) is 11.6 Å². The molecule has 4 rings (SSSR count). The molecule has 2 atom stereocenters. The minimum absolute atomic E-state index is 0.104. The maximum absolute atomic E-state index is 13.7. The Morgan fingerprint density at radius 3 is 2.92 bits per heavy atom. The maximum atomic E-state index is 13.7. The van der Waals surface area contributed by atoms with Gasteiger partial charge in [0.25, 0.3) is 0 Å². The Balaban J connectivity index is 1.75. The molecule has 6 heteroatoms. The van der Waals surface area contributed by atoms with Crippen LogP contribution in [0.1, 0.15) is 23.7 Å². The zero-order valence-corrected chi connectivity index (χ0v) is 13.8. The zero-order chi connectivity index (χ0) is 16.7. The van der Waals surface area contributed by atoms with Gasteiger partial charge in [-0.05, 0) is 50.2 Å². The molecule has 2 aromatic heterocycles. The quantitative estimate of drug-likeness (QED) is 0.804. The van der Waals surface area contributed by atoms with Crippen molar-refractivity contribution in [2.24, 2.45) is 0 Å². The summed E-state index contributed by atoms with van der Waals surface area (Å²) in [4.78, 5) is 6.57. The van der Waals surface area contributed by atoms with E-state index in [2.05, 4.69) is 15.2 Å². The predicted octanol–water partition coefficient (Wildman–Crippen LogP) is 2.72. The SMILES string of the molecule is CN[C@H]1C[C@H](c2cccc(F)c2)N(c2ccc3ncc(C)n3n2)C1. The van der Waals surface area contributed by atoms with Gasteiger partial charge in [-0.1, -0.05) is 12.1 Å². The second-order valence-electron chi connectivity index (χ2n) is 6.31. The number of halogens is 1. The van der Waals surface area contributed by atoms with Gasteiger partial charge in [-0.25, -0.2) is 13.9 Å². The molecule has 3 aromatic rings. The van der Waals surface area contributed by atoms with Crippen LogP contribution in [-0.4, -0.2) is 34.2 Å². The van der Waals surface area contributed by atoms with E-state index in [1.165, 1.54) is 6.07 Å². The van der Waals surface area contributed by atoms with E-state index in [0.29, 0.717) is 6.04 Å². The molecule has 0 unspecified atom stereocenters. The first-order valence-electron chi connectivity index (χ1n) is 8.16. The highest BCUT2D eigenvalue weighted by Crippen LogP contribution is 2.35. The molecule has 1 N–H and O–H groups in total. The van der Waals surface area contributed by atoms with Crippen LogP contribution in [0, 0.1) is 12.7 Å². The average molecular weight is 325 g/mol. The molecule has 1 aromatic carbocycles. The molecule has 24 heavy (non-hydrogen) atoms. The smallest absolute Gasteiger partial charge is 0.153 e. The molecule has 0 radical (unpaired) electrons. The lowest BCUT2D eigenvalue weighted by Crippen LogP contribution is -2.30. The molecule has 0 saturated carbocycles. The maximum Gasteiger partial charge on any atom is 0.153 e. The van der Waals surface area contributed by atoms with Crippen molar-refractivity contribution in [3.05, 3.63) is 59.7 Å². The van der Waals surface area contributed by atoms with Crippen LogP contribution in [-0.2, 0) is 0 Å². The number of hydrogen-bond donors (Lipinski definition) is 1. The molecular formula is C18H20FN5. The summed E-state index contributed by atoms with van der Waals surface area (Å²) in [6.45, 7) is 2.82. The Labute approximate surface area is 140 Å². The lowest BCUT2D eigenvalue weighted by Gasteiger charge is -2.26. The van der Waals surface area contributed by atoms with Gasteiger partial charge < -0.3 is 10.2 Å². The van der Waals surface area contributed by atoms with Crippen molar-refractivity contribution in [2.75, 3.05) is 18.5 Å². The Bertz CT molecular complexity index is 875. The number of benzene rings is 1. The summed E-state index contributed by atoms with van der Waals surface area (Å²) < 4.78 is 15.5. The second kappa shape index (κ2) is 5.87. The minimum atomic E-state index is -0.200. The van der Waals surface area contributed by atoms with Gasteiger partial charge >= 0.3 is 0 Å². The van der Waals surface area contributed by atoms with E-state index >= 15 is 0 Å². The average Bonchev–Trinajstić information content (AvgIpc) is 3.19. The molecule has 0 bridgehead atoms. The van der Waals surface area contributed by atoms with Crippen molar-refractivity contribution in [3.63, 3.8) is 0 Å². The summed E-state index contributed by atoms with van der Waals surface area (Å²) in [5, 5.41) is 8.08. The Hall–Kier alpha value is -2.47. The van der Waals surface area contributed by atoms with Crippen molar-refractivity contribution in [1.29, 1.82) is 0 Å². The first kappa shape index (κ1) is 15.1. The summed E-state index contributed by atoms with van der Waals surface area (Å²) in [5.41, 5.74) is 2.82. The van der Waals surface area contributed by atoms with Crippen molar-refractivity contribution >= 4 is 11.5 Å². The highest BCUT2D eigenvalue weighted by Gasteiger charge is 2.33. The van der Waals surface area contributed by atoms with Crippen LogP contribution in [0.3, 0.4) is 0 Å². The van der Waals surface area contributed by atoms with Crippen LogP contribution in [0.4, 0.5) is 10.2 Å². The minimum Gasteiger partial charge on any atom is -0.347 e. The van der Waals surface area contributed by atoms with Crippen LogP contribution in [0.25, 0.3) is 5.65 Å². The number of nitrogens with zero attached hydrogens (tertiary/aromatic N) is 4. The third-order valence-electron chi connectivity index (χ3n) is 4.76. The molecule has 1 aliphatic heterocycles. The third-order valence-corrected chi connectivity index (χ3v) is 4.76. The van der Waals surface area contributed by atoms with Gasteiger partial charge in [0.05, 0.1) is 17.9 Å². The summed E-state index contributed by atoms with van der Waals surface area (Å²) in [7, 11) is 1.97. The van der Waals surface area contributed by atoms with Gasteiger partial charge in [-0.15, -0.1) is 5.10 Å². The molecule has 3 heterocycles. The monoisotopic (exact) mass is 325 g/mol. The van der Waals surface area contributed by atoms with Crippen molar-refractivity contribution in [2.45, 2.75) is 25.4 Å². The summed E-state index contributed by atoms with van der Waals surface area (Å²) in [5.74, 6) is 0.685. The largest absolute Gasteiger partial charge is 0.347 e. The van der Waals surface area contributed by atoms with Crippen LogP contribution >= 0.6 is 0 Å². The van der Waals surface area contributed by atoms with Gasteiger partial charge in [-0.3, -0.25) is 0 Å². The van der Waals surface area contributed by atoms with Crippen LogP contribution < -0.4 is 10.2 Å². The summed E-state index contributed by atoms with van der Waals surface area (Å²) in [6, 6.07) is 11.3. The number of imidazole rings is 1. The van der Waals surface area contributed by atoms with Gasteiger partial charge in [-0.2, -0.15) is 0 Å². The molecule has 1 fully saturated rings. The summed E-state index contributed by atoms with van der Waals surface area (Å²) >= 11 is 0. The number of likely N-dealkylation sites (N-methyl/N-ethyl adjacent to an activating group) is 1. The number of rotatable bonds is 3. The molecule has 0 spiro atoms. The lowest BCUT2D eigenvalue weighted by atomic mass is 10.0. The molecule has 124 valence electrons. The number of aryl methyl sites for hydroxylation is 1. The molecule has 1 aliphatic rings. The van der Waals surface area contributed by atoms with Crippen LogP contribution in [0.5, 0.6) is 0 Å². The molecule has 0 amide bonds. The summed E-state index contributed by atoms with van der Waals surface area (Å²) in [6.07, 6.45) is 2.74. The predicted molar refractivity (Wildman–Crippen MR) is 91.7 cm³/mol. The van der Waals surface area contributed by atoms with E-state index in [0.717, 1.165) is 35.7 Å². The first-order valence-corrected chi connectivity index (χ1v) is 8.16. The number of fused-ring (bicyclic) bond motifs is 1. The molecular weight excluding hydrogens is 305 g/mol. The fourth-order valence-corrected chi connectivity index (χ4v) is 3.46. The highest BCUT2D eigenvalue weighted by atomic mass is 19.1. The normalized spacial score (nSPS) is 20.9. The van der Waals surface area contributed by atoms with Crippen molar-refractivity contribution in [1.82, 2.24) is 19.9 Å². The topological polar surface area (TPSA) is 45.5 Å². The van der Waals surface area contributed by atoms with E-state index in [4.69, 9.17) is 5.10 Å². The number of aromatic nitrogens is 3. The fourth-order valence-electron chi connectivity index (χ4n) is 3.46. The highest BCUT2D eigenvalue weighted by molar-refractivity contribution is 5.50. The fraction of sp³-hybridized carbons (Fsp3) is 0.333. The van der Waals surface area contributed by atoms with Gasteiger partial charge in [0, 0.05) is 12.6 Å². The Kier molecular flexibility index (Phi) is 3.69.